The standard InChI is InChI=1S/C30H33Cl2N3O5S/c1-39-26-8-5-20(16-27(26)40-2)9-12-33-28(36)18-25-30(38)34(13-10-21-6-7-22(31)17-24(21)32)19-29(37)35(25)14-11-23-4-3-15-41-23/h3-8,15-17,25H,9-14,18-19H2,1-2H3,(H,33,36). The van der Waals surface area contributed by atoms with Gasteiger partial charge in [0.1, 0.15) is 6.04 Å². The number of rotatable bonds is 13. The van der Waals surface area contributed by atoms with Crippen molar-refractivity contribution in [3.8, 4) is 11.5 Å². The fourth-order valence-electron chi connectivity index (χ4n) is 4.81. The van der Waals surface area contributed by atoms with E-state index in [1.165, 1.54) is 4.90 Å². The van der Waals surface area contributed by atoms with Crippen LogP contribution in [0.5, 0.6) is 11.5 Å². The third kappa shape index (κ3) is 8.15. The summed E-state index contributed by atoms with van der Waals surface area (Å²) in [6.45, 7) is 1.01. The fraction of sp³-hybridized carbons (Fsp3) is 0.367. The first-order valence-electron chi connectivity index (χ1n) is 13.3. The molecule has 3 aromatic rings. The molecule has 3 amide bonds. The molecule has 0 spiro atoms. The van der Waals surface area contributed by atoms with E-state index in [1.54, 1.807) is 42.6 Å². The zero-order chi connectivity index (χ0) is 29.4. The van der Waals surface area contributed by atoms with Crippen molar-refractivity contribution in [2.24, 2.45) is 0 Å². The third-order valence-electron chi connectivity index (χ3n) is 7.03. The molecule has 0 saturated carbocycles. The van der Waals surface area contributed by atoms with Crippen LogP contribution in [0.4, 0.5) is 0 Å². The topological polar surface area (TPSA) is 88.2 Å². The van der Waals surface area contributed by atoms with Gasteiger partial charge in [-0.3, -0.25) is 14.4 Å². The van der Waals surface area contributed by atoms with Crippen molar-refractivity contribution in [3.05, 3.63) is 80.0 Å². The van der Waals surface area contributed by atoms with E-state index in [0.29, 0.717) is 60.4 Å². The van der Waals surface area contributed by atoms with Crippen molar-refractivity contribution < 1.29 is 23.9 Å². The van der Waals surface area contributed by atoms with E-state index in [1.807, 2.05) is 41.8 Å². The van der Waals surface area contributed by atoms with Crippen LogP contribution < -0.4 is 14.8 Å². The summed E-state index contributed by atoms with van der Waals surface area (Å²) in [6.07, 6.45) is 1.54. The summed E-state index contributed by atoms with van der Waals surface area (Å²) in [7, 11) is 3.15. The summed E-state index contributed by atoms with van der Waals surface area (Å²) < 4.78 is 10.6. The number of nitrogens with zero attached hydrogens (tertiary/aromatic N) is 2. The van der Waals surface area contributed by atoms with Gasteiger partial charge in [-0.25, -0.2) is 0 Å². The minimum atomic E-state index is -0.877. The molecule has 2 aromatic carbocycles. The molecule has 1 N–H and O–H groups in total. The predicted molar refractivity (Wildman–Crippen MR) is 161 cm³/mol. The van der Waals surface area contributed by atoms with Crippen molar-refractivity contribution in [1.29, 1.82) is 0 Å². The Morgan fingerprint density at radius 1 is 1.00 bits per heavy atom. The Hall–Kier alpha value is -3.27. The van der Waals surface area contributed by atoms with Crippen molar-refractivity contribution in [2.45, 2.75) is 31.7 Å². The molecule has 0 bridgehead atoms. The summed E-state index contributed by atoms with van der Waals surface area (Å²) in [6, 6.07) is 13.9. The lowest BCUT2D eigenvalue weighted by Crippen LogP contribution is -2.61. The van der Waals surface area contributed by atoms with Crippen LogP contribution in [0.15, 0.2) is 53.9 Å². The van der Waals surface area contributed by atoms with E-state index in [2.05, 4.69) is 5.32 Å². The number of hydrogen-bond acceptors (Lipinski definition) is 6. The number of hydrogen-bond donors (Lipinski definition) is 1. The van der Waals surface area contributed by atoms with Gasteiger partial charge in [0.05, 0.1) is 27.2 Å². The zero-order valence-corrected chi connectivity index (χ0v) is 25.4. The highest BCUT2D eigenvalue weighted by atomic mass is 35.5. The van der Waals surface area contributed by atoms with Crippen molar-refractivity contribution in [2.75, 3.05) is 40.4 Å². The Balaban J connectivity index is 1.41. The number of carbonyl (C=O) groups excluding carboxylic acids is 3. The van der Waals surface area contributed by atoms with Gasteiger partial charge in [-0.1, -0.05) is 41.4 Å². The highest BCUT2D eigenvalue weighted by molar-refractivity contribution is 7.09. The molecule has 0 aliphatic carbocycles. The summed E-state index contributed by atoms with van der Waals surface area (Å²) in [5.41, 5.74) is 1.80. The Bertz CT molecular complexity index is 1370. The van der Waals surface area contributed by atoms with E-state index in [4.69, 9.17) is 32.7 Å². The second kappa shape index (κ2) is 14.6. The normalized spacial score (nSPS) is 15.3. The summed E-state index contributed by atoms with van der Waals surface area (Å²) in [4.78, 5) is 44.1. The van der Waals surface area contributed by atoms with E-state index < -0.39 is 6.04 Å². The first-order valence-corrected chi connectivity index (χ1v) is 14.9. The molecule has 1 aromatic heterocycles. The summed E-state index contributed by atoms with van der Waals surface area (Å²) in [5.74, 6) is 0.540. The quantitative estimate of drug-likeness (QED) is 0.302. The number of benzene rings is 2. The van der Waals surface area contributed by atoms with Crippen LogP contribution in [0.1, 0.15) is 22.4 Å². The number of halogens is 2. The molecule has 1 saturated heterocycles. The molecular weight excluding hydrogens is 585 g/mol. The number of thiophene rings is 1. The molecule has 41 heavy (non-hydrogen) atoms. The Morgan fingerprint density at radius 3 is 2.51 bits per heavy atom. The highest BCUT2D eigenvalue weighted by Crippen LogP contribution is 2.28. The van der Waals surface area contributed by atoms with E-state index in [9.17, 15) is 14.4 Å². The van der Waals surface area contributed by atoms with Crippen molar-refractivity contribution in [1.82, 2.24) is 15.1 Å². The van der Waals surface area contributed by atoms with E-state index in [-0.39, 0.29) is 30.7 Å². The van der Waals surface area contributed by atoms with Gasteiger partial charge < -0.3 is 24.6 Å². The maximum absolute atomic E-state index is 13.6. The monoisotopic (exact) mass is 617 g/mol. The van der Waals surface area contributed by atoms with Crippen LogP contribution in [-0.2, 0) is 33.6 Å². The molecule has 2 heterocycles. The lowest BCUT2D eigenvalue weighted by Gasteiger charge is -2.40. The predicted octanol–water partition coefficient (Wildman–Crippen LogP) is 4.65. The van der Waals surface area contributed by atoms with Gasteiger partial charge in [-0.2, -0.15) is 0 Å². The fourth-order valence-corrected chi connectivity index (χ4v) is 6.01. The lowest BCUT2D eigenvalue weighted by atomic mass is 10.0. The maximum Gasteiger partial charge on any atom is 0.246 e. The van der Waals surface area contributed by atoms with Crippen LogP contribution in [0.2, 0.25) is 10.0 Å². The van der Waals surface area contributed by atoms with Gasteiger partial charge in [0.2, 0.25) is 17.7 Å². The number of carbonyl (C=O) groups is 3. The number of methoxy groups -OCH3 is 2. The average Bonchev–Trinajstić information content (AvgIpc) is 3.48. The molecule has 1 unspecified atom stereocenters. The Kier molecular flexibility index (Phi) is 10.9. The van der Waals surface area contributed by atoms with Crippen LogP contribution in [0.25, 0.3) is 0 Å². The maximum atomic E-state index is 13.6. The molecule has 11 heteroatoms. The van der Waals surface area contributed by atoms with Crippen LogP contribution in [-0.4, -0.2) is 74.0 Å². The van der Waals surface area contributed by atoms with E-state index in [0.717, 1.165) is 16.0 Å². The molecule has 218 valence electrons. The average molecular weight is 619 g/mol. The van der Waals surface area contributed by atoms with Gasteiger partial charge >= 0.3 is 0 Å². The highest BCUT2D eigenvalue weighted by Gasteiger charge is 2.40. The minimum absolute atomic E-state index is 0.0358. The molecule has 1 atom stereocenters. The van der Waals surface area contributed by atoms with Gasteiger partial charge in [-0.15, -0.1) is 11.3 Å². The number of amides is 3. The molecule has 1 aliphatic rings. The number of nitrogens with one attached hydrogen (secondary N) is 1. The van der Waals surface area contributed by atoms with E-state index >= 15 is 0 Å². The number of ether oxygens (including phenoxy) is 2. The molecule has 8 nitrogen and oxygen atoms in total. The van der Waals surface area contributed by atoms with Gasteiger partial charge in [-0.05, 0) is 66.1 Å². The van der Waals surface area contributed by atoms with Crippen LogP contribution >= 0.6 is 34.5 Å². The molecule has 1 fully saturated rings. The van der Waals surface area contributed by atoms with Crippen molar-refractivity contribution in [3.63, 3.8) is 0 Å². The smallest absolute Gasteiger partial charge is 0.246 e. The lowest BCUT2D eigenvalue weighted by molar-refractivity contribution is -0.157. The Labute approximate surface area is 254 Å². The second-order valence-electron chi connectivity index (χ2n) is 9.67. The third-order valence-corrected chi connectivity index (χ3v) is 8.55. The molecular formula is C30H33Cl2N3O5S. The SMILES string of the molecule is COc1ccc(CCNC(=O)CC2C(=O)N(CCc3ccc(Cl)cc3Cl)CC(=O)N2CCc2cccs2)cc1OC. The van der Waals surface area contributed by atoms with Gasteiger partial charge in [0.25, 0.3) is 0 Å². The summed E-state index contributed by atoms with van der Waals surface area (Å²) in [5, 5.41) is 5.93. The summed E-state index contributed by atoms with van der Waals surface area (Å²) >= 11 is 13.9. The van der Waals surface area contributed by atoms with Crippen LogP contribution in [0, 0.1) is 0 Å². The largest absolute Gasteiger partial charge is 0.493 e. The molecule has 0 radical (unpaired) electrons. The van der Waals surface area contributed by atoms with Crippen LogP contribution in [0.3, 0.4) is 0 Å². The zero-order valence-electron chi connectivity index (χ0n) is 23.0. The Morgan fingerprint density at radius 2 is 1.80 bits per heavy atom. The molecule has 1 aliphatic heterocycles. The van der Waals surface area contributed by atoms with Crippen molar-refractivity contribution >= 4 is 52.3 Å². The van der Waals surface area contributed by atoms with Gasteiger partial charge in [0.15, 0.2) is 11.5 Å². The first kappa shape index (κ1) is 30.7. The van der Waals surface area contributed by atoms with Gasteiger partial charge in [0, 0.05) is 34.6 Å². The minimum Gasteiger partial charge on any atom is -0.493 e. The first-order chi connectivity index (χ1) is 19.8. The second-order valence-corrected chi connectivity index (χ2v) is 11.5. The molecule has 4 rings (SSSR count). The number of piperazine rings is 1.